The maximum absolute atomic E-state index is 12.8. The van der Waals surface area contributed by atoms with Crippen LogP contribution in [-0.4, -0.2) is 31.2 Å². The fourth-order valence-electron chi connectivity index (χ4n) is 4.29. The second-order valence-electron chi connectivity index (χ2n) is 7.94. The van der Waals surface area contributed by atoms with E-state index in [1.54, 1.807) is 12.3 Å². The summed E-state index contributed by atoms with van der Waals surface area (Å²) in [6.45, 7) is 0. The fourth-order valence-corrected chi connectivity index (χ4v) is 6.28. The minimum Gasteiger partial charge on any atom is -0.461 e. The number of nitrogens with zero attached hydrogens (tertiary/aromatic N) is 5. The third-order valence-electron chi connectivity index (χ3n) is 5.83. The number of benzene rings is 1. The Bertz CT molecular complexity index is 1580. The first kappa shape index (κ1) is 20.9. The zero-order valence-corrected chi connectivity index (χ0v) is 19.6. The highest BCUT2D eigenvalue weighted by atomic mass is 32.2. The number of rotatable bonds is 5. The molecule has 4 aromatic heterocycles. The molecule has 0 bridgehead atoms. The molecule has 0 aliphatic heterocycles. The molecule has 168 valence electrons. The van der Waals surface area contributed by atoms with Crippen LogP contribution in [0.5, 0.6) is 0 Å². The number of carbonyl (C=O) groups excluding carboxylic acids is 1. The minimum atomic E-state index is -0.190. The second-order valence-corrected chi connectivity index (χ2v) is 9.98. The molecule has 1 aromatic carbocycles. The van der Waals surface area contributed by atoms with E-state index in [9.17, 15) is 10.1 Å². The Kier molecular flexibility index (Phi) is 5.28. The van der Waals surface area contributed by atoms with Gasteiger partial charge in [-0.2, -0.15) is 5.26 Å². The number of nitrogens with one attached hydrogen (secondary N) is 1. The lowest BCUT2D eigenvalue weighted by Crippen LogP contribution is -2.14. The van der Waals surface area contributed by atoms with E-state index in [2.05, 4.69) is 21.6 Å². The van der Waals surface area contributed by atoms with Crippen molar-refractivity contribution in [1.82, 2.24) is 19.6 Å². The van der Waals surface area contributed by atoms with Crippen LogP contribution >= 0.6 is 23.1 Å². The topological polar surface area (TPSA) is 109 Å². The van der Waals surface area contributed by atoms with Crippen molar-refractivity contribution in [3.8, 4) is 17.7 Å². The Labute approximate surface area is 202 Å². The highest BCUT2D eigenvalue weighted by Gasteiger charge is 2.23. The van der Waals surface area contributed by atoms with Gasteiger partial charge in [-0.1, -0.05) is 23.9 Å². The summed E-state index contributed by atoms with van der Waals surface area (Å²) >= 11 is 2.79. The maximum Gasteiger partial charge on any atom is 0.235 e. The maximum atomic E-state index is 12.8. The Morgan fingerprint density at radius 3 is 2.94 bits per heavy atom. The van der Waals surface area contributed by atoms with Gasteiger partial charge < -0.3 is 9.73 Å². The van der Waals surface area contributed by atoms with Gasteiger partial charge in [-0.05, 0) is 55.5 Å². The number of furan rings is 1. The van der Waals surface area contributed by atoms with Crippen LogP contribution in [0.1, 0.15) is 28.8 Å². The van der Waals surface area contributed by atoms with Crippen molar-refractivity contribution >= 4 is 50.6 Å². The lowest BCUT2D eigenvalue weighted by molar-refractivity contribution is -0.113. The van der Waals surface area contributed by atoms with E-state index < -0.39 is 0 Å². The smallest absolute Gasteiger partial charge is 0.235 e. The number of anilines is 1. The second kappa shape index (κ2) is 8.59. The van der Waals surface area contributed by atoms with Crippen molar-refractivity contribution in [2.24, 2.45) is 0 Å². The van der Waals surface area contributed by atoms with Gasteiger partial charge in [0.2, 0.25) is 5.91 Å². The predicted octanol–water partition coefficient (Wildman–Crippen LogP) is 5.08. The number of fused-ring (bicyclic) bond motifs is 4. The summed E-state index contributed by atoms with van der Waals surface area (Å²) in [6, 6.07) is 13.6. The normalized spacial score (nSPS) is 13.1. The van der Waals surface area contributed by atoms with Gasteiger partial charge in [0.15, 0.2) is 22.4 Å². The summed E-state index contributed by atoms with van der Waals surface area (Å²) in [4.78, 5) is 18.8. The number of nitriles is 1. The van der Waals surface area contributed by atoms with Crippen LogP contribution in [0.2, 0.25) is 0 Å². The zero-order chi connectivity index (χ0) is 23.1. The van der Waals surface area contributed by atoms with Gasteiger partial charge in [0.25, 0.3) is 0 Å². The molecule has 0 spiro atoms. The molecule has 1 aliphatic rings. The Hall–Kier alpha value is -3.68. The van der Waals surface area contributed by atoms with E-state index in [4.69, 9.17) is 9.40 Å². The number of aryl methyl sites for hydroxylation is 1. The van der Waals surface area contributed by atoms with Crippen molar-refractivity contribution in [3.63, 3.8) is 0 Å². The molecule has 0 atom stereocenters. The SMILES string of the molecule is N#Cc1c(NC(=O)CSc2nnc3c4ccccc4nc(-c4ccco4)n23)sc2c1CCCC2. The average Bonchev–Trinajstić information content (AvgIpc) is 3.61. The van der Waals surface area contributed by atoms with Crippen molar-refractivity contribution in [1.29, 1.82) is 5.26 Å². The van der Waals surface area contributed by atoms with Gasteiger partial charge in [-0.15, -0.1) is 21.5 Å². The van der Waals surface area contributed by atoms with Crippen molar-refractivity contribution in [2.75, 3.05) is 11.1 Å². The number of aromatic nitrogens is 4. The van der Waals surface area contributed by atoms with Gasteiger partial charge in [0.05, 0.1) is 23.1 Å². The predicted molar refractivity (Wildman–Crippen MR) is 131 cm³/mol. The minimum absolute atomic E-state index is 0.124. The third kappa shape index (κ3) is 3.54. The zero-order valence-electron chi connectivity index (χ0n) is 17.9. The average molecular weight is 487 g/mol. The first-order valence-electron chi connectivity index (χ1n) is 10.9. The third-order valence-corrected chi connectivity index (χ3v) is 7.96. The van der Waals surface area contributed by atoms with E-state index in [1.807, 2.05) is 34.7 Å². The lowest BCUT2D eigenvalue weighted by atomic mass is 9.96. The van der Waals surface area contributed by atoms with Crippen LogP contribution in [0.3, 0.4) is 0 Å². The molecule has 0 fully saturated rings. The van der Waals surface area contributed by atoms with Gasteiger partial charge in [-0.3, -0.25) is 9.20 Å². The van der Waals surface area contributed by atoms with Gasteiger partial charge in [-0.25, -0.2) is 4.98 Å². The van der Waals surface area contributed by atoms with Crippen LogP contribution in [-0.2, 0) is 17.6 Å². The summed E-state index contributed by atoms with van der Waals surface area (Å²) in [6.07, 6.45) is 5.68. The summed E-state index contributed by atoms with van der Waals surface area (Å²) in [5.74, 6) is 1.10. The molecule has 0 unspecified atom stereocenters. The molecule has 8 nitrogen and oxygen atoms in total. The van der Waals surface area contributed by atoms with E-state index in [1.165, 1.54) is 28.0 Å². The van der Waals surface area contributed by atoms with Crippen LogP contribution in [0.25, 0.3) is 28.1 Å². The van der Waals surface area contributed by atoms with E-state index >= 15 is 0 Å². The molecular weight excluding hydrogens is 468 g/mol. The number of thioether (sulfide) groups is 1. The van der Waals surface area contributed by atoms with Crippen molar-refractivity contribution in [2.45, 2.75) is 30.8 Å². The molecule has 0 saturated heterocycles. The Balaban J connectivity index is 1.30. The van der Waals surface area contributed by atoms with Crippen LogP contribution in [0.15, 0.2) is 52.2 Å². The van der Waals surface area contributed by atoms with E-state index in [0.717, 1.165) is 42.1 Å². The summed E-state index contributed by atoms with van der Waals surface area (Å²) in [7, 11) is 0. The first-order valence-corrected chi connectivity index (χ1v) is 12.7. The number of hydrogen-bond acceptors (Lipinski definition) is 8. The number of para-hydroxylation sites is 1. The fraction of sp³-hybridized carbons (Fsp3) is 0.208. The highest BCUT2D eigenvalue weighted by molar-refractivity contribution is 7.99. The summed E-state index contributed by atoms with van der Waals surface area (Å²) < 4.78 is 7.44. The molecule has 1 amide bonds. The number of carbonyl (C=O) groups is 1. The van der Waals surface area contributed by atoms with E-state index in [0.29, 0.717) is 33.0 Å². The lowest BCUT2D eigenvalue weighted by Gasteiger charge is -2.09. The first-order chi connectivity index (χ1) is 16.7. The van der Waals surface area contributed by atoms with Crippen LogP contribution in [0, 0.1) is 11.3 Å². The number of amides is 1. The molecule has 34 heavy (non-hydrogen) atoms. The van der Waals surface area contributed by atoms with Crippen molar-refractivity contribution in [3.05, 3.63) is 58.7 Å². The molecular formula is C24H18N6O2S2. The van der Waals surface area contributed by atoms with Gasteiger partial charge >= 0.3 is 0 Å². The molecule has 1 N–H and O–H groups in total. The van der Waals surface area contributed by atoms with Crippen molar-refractivity contribution < 1.29 is 9.21 Å². The van der Waals surface area contributed by atoms with Gasteiger partial charge in [0, 0.05) is 10.3 Å². The Morgan fingerprint density at radius 1 is 1.21 bits per heavy atom. The van der Waals surface area contributed by atoms with E-state index in [-0.39, 0.29) is 11.7 Å². The molecule has 1 aliphatic carbocycles. The monoisotopic (exact) mass is 486 g/mol. The Morgan fingerprint density at radius 2 is 2.09 bits per heavy atom. The highest BCUT2D eigenvalue weighted by Crippen LogP contribution is 2.38. The quantitative estimate of drug-likeness (QED) is 0.345. The van der Waals surface area contributed by atoms with Gasteiger partial charge in [0.1, 0.15) is 11.1 Å². The van der Waals surface area contributed by atoms with Crippen LogP contribution in [0.4, 0.5) is 5.00 Å². The molecule has 4 heterocycles. The largest absolute Gasteiger partial charge is 0.461 e. The summed E-state index contributed by atoms with van der Waals surface area (Å²) in [5.41, 5.74) is 3.15. The molecule has 5 aromatic rings. The molecule has 10 heteroatoms. The molecule has 6 rings (SSSR count). The number of hydrogen-bond donors (Lipinski definition) is 1. The summed E-state index contributed by atoms with van der Waals surface area (Å²) in [5, 5.41) is 23.4. The molecule has 0 saturated carbocycles. The number of thiophene rings is 1. The van der Waals surface area contributed by atoms with Crippen LogP contribution < -0.4 is 5.32 Å². The molecule has 0 radical (unpaired) electrons. The standard InChI is InChI=1S/C24H18N6O2S2/c25-12-16-14-6-2-4-10-19(14)34-23(16)27-20(31)13-33-24-29-28-21-15-7-1-3-8-17(15)26-22(30(21)24)18-9-5-11-32-18/h1,3,5,7-9,11H,2,4,6,10,13H2,(H,27,31).